The zero-order valence-corrected chi connectivity index (χ0v) is 17.9. The lowest BCUT2D eigenvalue weighted by Crippen LogP contribution is -2.15. The summed E-state index contributed by atoms with van der Waals surface area (Å²) in [6.07, 6.45) is 0. The number of carbonyl (C=O) groups is 1. The summed E-state index contributed by atoms with van der Waals surface area (Å²) in [6, 6.07) is 12.7. The fourth-order valence-corrected chi connectivity index (χ4v) is 3.69. The van der Waals surface area contributed by atoms with Crippen molar-refractivity contribution in [3.8, 4) is 22.9 Å². The second-order valence-corrected chi connectivity index (χ2v) is 7.32. The van der Waals surface area contributed by atoms with Gasteiger partial charge in [-0.25, -0.2) is 0 Å². The molecule has 3 rings (SSSR count). The first-order valence-corrected chi connectivity index (χ1v) is 10.3. The average Bonchev–Trinajstić information content (AvgIpc) is 3.16. The maximum Gasteiger partial charge on any atom is 0.234 e. The number of thioether (sulfide) groups is 1. The third-order valence-electron chi connectivity index (χ3n) is 4.12. The molecule has 1 amide bonds. The standard InChI is InChI=1S/C20H21ClN4O3S/c1-4-25-19(13-9-14(27-2)11-15(10-13)28-3)23-24-20(25)29-12-18(26)22-17-8-6-5-7-16(17)21/h5-11H,4,12H2,1-3H3,(H,22,26). The molecule has 0 unspecified atom stereocenters. The first-order chi connectivity index (χ1) is 14.0. The molecule has 9 heteroatoms. The van der Waals surface area contributed by atoms with Gasteiger partial charge in [-0.3, -0.25) is 4.79 Å². The topological polar surface area (TPSA) is 78.3 Å². The molecule has 0 atom stereocenters. The number of para-hydroxylation sites is 1. The van der Waals surface area contributed by atoms with E-state index in [0.717, 1.165) is 5.56 Å². The molecule has 3 aromatic rings. The molecule has 1 aromatic heterocycles. The van der Waals surface area contributed by atoms with E-state index >= 15 is 0 Å². The predicted molar refractivity (Wildman–Crippen MR) is 115 cm³/mol. The number of anilines is 1. The molecule has 1 heterocycles. The molecule has 2 aromatic carbocycles. The maximum atomic E-state index is 12.3. The van der Waals surface area contributed by atoms with E-state index in [1.807, 2.05) is 35.8 Å². The number of benzene rings is 2. The molecule has 29 heavy (non-hydrogen) atoms. The van der Waals surface area contributed by atoms with E-state index in [1.165, 1.54) is 11.8 Å². The van der Waals surface area contributed by atoms with Crippen molar-refractivity contribution in [2.24, 2.45) is 0 Å². The molecule has 0 aliphatic heterocycles. The van der Waals surface area contributed by atoms with Crippen LogP contribution in [0.25, 0.3) is 11.4 Å². The Hall–Kier alpha value is -2.71. The Labute approximate surface area is 178 Å². The number of methoxy groups -OCH3 is 2. The molecular weight excluding hydrogens is 412 g/mol. The lowest BCUT2D eigenvalue weighted by molar-refractivity contribution is -0.113. The highest BCUT2D eigenvalue weighted by Crippen LogP contribution is 2.31. The van der Waals surface area contributed by atoms with Crippen LogP contribution < -0.4 is 14.8 Å². The quantitative estimate of drug-likeness (QED) is 0.532. The number of amides is 1. The maximum absolute atomic E-state index is 12.3. The first-order valence-electron chi connectivity index (χ1n) is 8.89. The zero-order valence-electron chi connectivity index (χ0n) is 16.3. The molecule has 0 aliphatic carbocycles. The van der Waals surface area contributed by atoms with E-state index in [2.05, 4.69) is 15.5 Å². The Morgan fingerprint density at radius 2 is 1.83 bits per heavy atom. The van der Waals surface area contributed by atoms with Crippen LogP contribution in [0, 0.1) is 0 Å². The van der Waals surface area contributed by atoms with Gasteiger partial charge in [-0.1, -0.05) is 35.5 Å². The van der Waals surface area contributed by atoms with Gasteiger partial charge in [0.2, 0.25) is 5.91 Å². The van der Waals surface area contributed by atoms with Crippen LogP contribution in [0.1, 0.15) is 6.92 Å². The molecule has 0 fully saturated rings. The molecule has 7 nitrogen and oxygen atoms in total. The summed E-state index contributed by atoms with van der Waals surface area (Å²) in [5, 5.41) is 12.5. The van der Waals surface area contributed by atoms with Gasteiger partial charge in [0.05, 0.1) is 30.7 Å². The fraction of sp³-hybridized carbons (Fsp3) is 0.250. The number of nitrogens with zero attached hydrogens (tertiary/aromatic N) is 3. The highest BCUT2D eigenvalue weighted by molar-refractivity contribution is 7.99. The Bertz CT molecular complexity index is 987. The summed E-state index contributed by atoms with van der Waals surface area (Å²) in [5.41, 5.74) is 1.41. The third kappa shape index (κ3) is 5.02. The number of hydrogen-bond donors (Lipinski definition) is 1. The molecule has 0 aliphatic rings. The normalized spacial score (nSPS) is 10.6. The Morgan fingerprint density at radius 3 is 2.45 bits per heavy atom. The Balaban J connectivity index is 1.76. The zero-order chi connectivity index (χ0) is 20.8. The molecule has 152 valence electrons. The highest BCUT2D eigenvalue weighted by Gasteiger charge is 2.16. The minimum atomic E-state index is -0.168. The summed E-state index contributed by atoms with van der Waals surface area (Å²) in [7, 11) is 3.20. The Kier molecular flexibility index (Phi) is 7.00. The molecule has 0 radical (unpaired) electrons. The van der Waals surface area contributed by atoms with Crippen molar-refractivity contribution in [1.29, 1.82) is 0 Å². The predicted octanol–water partition coefficient (Wildman–Crippen LogP) is 4.37. The van der Waals surface area contributed by atoms with E-state index < -0.39 is 0 Å². The minimum absolute atomic E-state index is 0.168. The number of rotatable bonds is 8. The van der Waals surface area contributed by atoms with E-state index in [0.29, 0.717) is 39.7 Å². The van der Waals surface area contributed by atoms with Gasteiger partial charge in [-0.15, -0.1) is 10.2 Å². The van der Waals surface area contributed by atoms with Crippen molar-refractivity contribution in [3.05, 3.63) is 47.5 Å². The van der Waals surface area contributed by atoms with Gasteiger partial charge in [-0.2, -0.15) is 0 Å². The van der Waals surface area contributed by atoms with E-state index in [9.17, 15) is 4.79 Å². The summed E-state index contributed by atoms with van der Waals surface area (Å²) in [5.74, 6) is 2.03. The van der Waals surface area contributed by atoms with E-state index in [4.69, 9.17) is 21.1 Å². The van der Waals surface area contributed by atoms with Gasteiger partial charge in [0, 0.05) is 18.2 Å². The number of nitrogens with one attached hydrogen (secondary N) is 1. The smallest absolute Gasteiger partial charge is 0.234 e. The van der Waals surface area contributed by atoms with E-state index in [-0.39, 0.29) is 11.7 Å². The van der Waals surface area contributed by atoms with Crippen LogP contribution in [-0.2, 0) is 11.3 Å². The van der Waals surface area contributed by atoms with Crippen LogP contribution in [-0.4, -0.2) is 40.6 Å². The Morgan fingerprint density at radius 1 is 1.14 bits per heavy atom. The molecule has 0 saturated carbocycles. The van der Waals surface area contributed by atoms with Crippen molar-refractivity contribution >= 4 is 35.0 Å². The second kappa shape index (κ2) is 9.67. The van der Waals surface area contributed by atoms with Gasteiger partial charge in [0.1, 0.15) is 11.5 Å². The van der Waals surface area contributed by atoms with Gasteiger partial charge >= 0.3 is 0 Å². The summed E-state index contributed by atoms with van der Waals surface area (Å²) >= 11 is 7.40. The minimum Gasteiger partial charge on any atom is -0.497 e. The van der Waals surface area contributed by atoms with Gasteiger partial charge in [0.25, 0.3) is 0 Å². The van der Waals surface area contributed by atoms with Crippen LogP contribution in [0.4, 0.5) is 5.69 Å². The summed E-state index contributed by atoms with van der Waals surface area (Å²) in [4.78, 5) is 12.3. The van der Waals surface area contributed by atoms with Gasteiger partial charge < -0.3 is 19.4 Å². The SMILES string of the molecule is CCn1c(SCC(=O)Nc2ccccc2Cl)nnc1-c1cc(OC)cc(OC)c1. The monoisotopic (exact) mass is 432 g/mol. The van der Waals surface area contributed by atoms with Crippen molar-refractivity contribution in [2.75, 3.05) is 25.3 Å². The highest BCUT2D eigenvalue weighted by atomic mass is 35.5. The fourth-order valence-electron chi connectivity index (χ4n) is 2.71. The van der Waals surface area contributed by atoms with Crippen LogP contribution >= 0.6 is 23.4 Å². The molecule has 0 saturated heterocycles. The van der Waals surface area contributed by atoms with Crippen molar-refractivity contribution in [3.63, 3.8) is 0 Å². The van der Waals surface area contributed by atoms with Crippen molar-refractivity contribution in [2.45, 2.75) is 18.6 Å². The third-order valence-corrected chi connectivity index (χ3v) is 5.42. The average molecular weight is 433 g/mol. The second-order valence-electron chi connectivity index (χ2n) is 5.97. The number of carbonyl (C=O) groups excluding carboxylic acids is 1. The summed E-state index contributed by atoms with van der Waals surface area (Å²) < 4.78 is 12.6. The van der Waals surface area contributed by atoms with Crippen LogP contribution in [0.5, 0.6) is 11.5 Å². The number of hydrogen-bond acceptors (Lipinski definition) is 6. The number of ether oxygens (including phenoxy) is 2. The van der Waals surface area contributed by atoms with Crippen molar-refractivity contribution in [1.82, 2.24) is 14.8 Å². The molecule has 1 N–H and O–H groups in total. The lowest BCUT2D eigenvalue weighted by atomic mass is 10.2. The molecule has 0 bridgehead atoms. The number of halogens is 1. The summed E-state index contributed by atoms with van der Waals surface area (Å²) in [6.45, 7) is 2.65. The van der Waals surface area contributed by atoms with Gasteiger partial charge in [-0.05, 0) is 31.2 Å². The molecular formula is C20H21ClN4O3S. The molecule has 0 spiro atoms. The van der Waals surface area contributed by atoms with Gasteiger partial charge in [0.15, 0.2) is 11.0 Å². The van der Waals surface area contributed by atoms with Crippen LogP contribution in [0.2, 0.25) is 5.02 Å². The van der Waals surface area contributed by atoms with E-state index in [1.54, 1.807) is 32.4 Å². The largest absolute Gasteiger partial charge is 0.497 e. The lowest BCUT2D eigenvalue weighted by Gasteiger charge is -2.10. The van der Waals surface area contributed by atoms with Crippen molar-refractivity contribution < 1.29 is 14.3 Å². The number of aromatic nitrogens is 3. The first kappa shape index (κ1) is 21.0. The van der Waals surface area contributed by atoms with Crippen LogP contribution in [0.3, 0.4) is 0 Å². The van der Waals surface area contributed by atoms with Crippen LogP contribution in [0.15, 0.2) is 47.6 Å².